The average molecular weight is 231 g/mol. The highest BCUT2D eigenvalue weighted by atomic mass is 16.2. The number of anilines is 1. The van der Waals surface area contributed by atoms with Crippen molar-refractivity contribution in [2.24, 2.45) is 0 Å². The highest BCUT2D eigenvalue weighted by molar-refractivity contribution is 5.92. The van der Waals surface area contributed by atoms with Crippen LogP contribution in [0.15, 0.2) is 30.5 Å². The molecule has 0 spiro atoms. The first-order valence-corrected chi connectivity index (χ1v) is 5.83. The largest absolute Gasteiger partial charge is 0.361 e. The molecular weight excluding hydrogens is 214 g/mol. The highest BCUT2D eigenvalue weighted by Crippen LogP contribution is 2.17. The smallest absolute Gasteiger partial charge is 0.319 e. The second kappa shape index (κ2) is 4.91. The molecule has 2 aromatic rings. The molecular formula is C13H17N3O. The molecule has 2 rings (SSSR count). The van der Waals surface area contributed by atoms with Crippen LogP contribution in [-0.2, 0) is 0 Å². The number of benzene rings is 1. The van der Waals surface area contributed by atoms with E-state index in [1.807, 2.05) is 44.3 Å². The fourth-order valence-corrected chi connectivity index (χ4v) is 1.62. The van der Waals surface area contributed by atoms with Crippen molar-refractivity contribution >= 4 is 22.6 Å². The Morgan fingerprint density at radius 1 is 1.41 bits per heavy atom. The number of carbonyl (C=O) groups is 1. The van der Waals surface area contributed by atoms with Crippen LogP contribution < -0.4 is 10.6 Å². The number of H-pyrrole nitrogens is 1. The lowest BCUT2D eigenvalue weighted by molar-refractivity contribution is 0.249. The minimum absolute atomic E-state index is 0.162. The van der Waals surface area contributed by atoms with Crippen LogP contribution in [-0.4, -0.2) is 17.1 Å². The van der Waals surface area contributed by atoms with Crippen LogP contribution in [0, 0.1) is 0 Å². The van der Waals surface area contributed by atoms with Gasteiger partial charge in [0.05, 0.1) is 0 Å². The van der Waals surface area contributed by atoms with E-state index in [4.69, 9.17) is 0 Å². The molecule has 0 bridgehead atoms. The Morgan fingerprint density at radius 3 is 3.00 bits per heavy atom. The molecule has 1 heterocycles. The minimum atomic E-state index is -0.162. The van der Waals surface area contributed by atoms with Crippen molar-refractivity contribution < 1.29 is 4.79 Å². The van der Waals surface area contributed by atoms with E-state index in [1.165, 1.54) is 0 Å². The zero-order valence-corrected chi connectivity index (χ0v) is 10.1. The fraction of sp³-hybridized carbons (Fsp3) is 0.308. The maximum absolute atomic E-state index is 11.6. The molecule has 4 heteroatoms. The third-order valence-corrected chi connectivity index (χ3v) is 2.80. The van der Waals surface area contributed by atoms with E-state index in [-0.39, 0.29) is 12.1 Å². The van der Waals surface area contributed by atoms with Crippen molar-refractivity contribution in [3.05, 3.63) is 30.5 Å². The summed E-state index contributed by atoms with van der Waals surface area (Å²) in [5.41, 5.74) is 1.81. The van der Waals surface area contributed by atoms with E-state index in [2.05, 4.69) is 15.6 Å². The summed E-state index contributed by atoms with van der Waals surface area (Å²) in [5, 5.41) is 6.82. The van der Waals surface area contributed by atoms with Crippen molar-refractivity contribution in [2.45, 2.75) is 26.3 Å². The van der Waals surface area contributed by atoms with E-state index < -0.39 is 0 Å². The van der Waals surface area contributed by atoms with Crippen LogP contribution >= 0.6 is 0 Å². The molecule has 2 amide bonds. The molecule has 0 fully saturated rings. The van der Waals surface area contributed by atoms with Crippen LogP contribution in [0.25, 0.3) is 10.9 Å². The van der Waals surface area contributed by atoms with Gasteiger partial charge in [-0.2, -0.15) is 0 Å². The normalized spacial score (nSPS) is 12.4. The van der Waals surface area contributed by atoms with Gasteiger partial charge in [-0.1, -0.05) is 13.0 Å². The zero-order valence-electron chi connectivity index (χ0n) is 10.1. The summed E-state index contributed by atoms with van der Waals surface area (Å²) >= 11 is 0. The Kier molecular flexibility index (Phi) is 3.32. The number of hydrogen-bond acceptors (Lipinski definition) is 1. The van der Waals surface area contributed by atoms with Gasteiger partial charge in [-0.15, -0.1) is 0 Å². The first kappa shape index (κ1) is 11.5. The van der Waals surface area contributed by atoms with Gasteiger partial charge in [-0.25, -0.2) is 4.79 Å². The van der Waals surface area contributed by atoms with Gasteiger partial charge in [0.1, 0.15) is 0 Å². The van der Waals surface area contributed by atoms with Crippen molar-refractivity contribution in [1.82, 2.24) is 10.3 Å². The van der Waals surface area contributed by atoms with Gasteiger partial charge in [0.15, 0.2) is 0 Å². The number of fused-ring (bicyclic) bond motifs is 1. The summed E-state index contributed by atoms with van der Waals surface area (Å²) in [4.78, 5) is 14.7. The van der Waals surface area contributed by atoms with Crippen LogP contribution in [0.2, 0.25) is 0 Å². The maximum atomic E-state index is 11.6. The van der Waals surface area contributed by atoms with Gasteiger partial charge in [0.25, 0.3) is 0 Å². The summed E-state index contributed by atoms with van der Waals surface area (Å²) in [6.07, 6.45) is 2.80. The van der Waals surface area contributed by atoms with Crippen LogP contribution in [0.5, 0.6) is 0 Å². The lowest BCUT2D eigenvalue weighted by atomic mass is 10.2. The highest BCUT2D eigenvalue weighted by Gasteiger charge is 2.05. The Hall–Kier alpha value is -1.97. The molecule has 1 aromatic carbocycles. The van der Waals surface area contributed by atoms with E-state index in [0.29, 0.717) is 0 Å². The van der Waals surface area contributed by atoms with E-state index in [1.54, 1.807) is 0 Å². The summed E-state index contributed by atoms with van der Waals surface area (Å²) < 4.78 is 0. The van der Waals surface area contributed by atoms with Crippen molar-refractivity contribution in [1.29, 1.82) is 0 Å². The number of aromatic nitrogens is 1. The minimum Gasteiger partial charge on any atom is -0.361 e. The SMILES string of the molecule is CCC(C)NC(=O)Nc1ccc2cc[nH]c2c1. The Labute approximate surface area is 100 Å². The predicted octanol–water partition coefficient (Wildman–Crippen LogP) is 3.09. The maximum Gasteiger partial charge on any atom is 0.319 e. The van der Waals surface area contributed by atoms with E-state index >= 15 is 0 Å². The number of nitrogens with one attached hydrogen (secondary N) is 3. The first-order chi connectivity index (χ1) is 8.19. The van der Waals surface area contributed by atoms with Crippen molar-refractivity contribution in [2.75, 3.05) is 5.32 Å². The first-order valence-electron chi connectivity index (χ1n) is 5.83. The summed E-state index contributed by atoms with van der Waals surface area (Å²) in [6.45, 7) is 4.02. The van der Waals surface area contributed by atoms with Gasteiger partial charge < -0.3 is 15.6 Å². The van der Waals surface area contributed by atoms with Crippen LogP contribution in [0.1, 0.15) is 20.3 Å². The number of hydrogen-bond donors (Lipinski definition) is 3. The number of amides is 2. The second-order valence-corrected chi connectivity index (χ2v) is 4.19. The molecule has 0 aliphatic rings. The molecule has 0 saturated heterocycles. The number of urea groups is 1. The molecule has 0 radical (unpaired) electrons. The summed E-state index contributed by atoms with van der Waals surface area (Å²) in [7, 11) is 0. The summed E-state index contributed by atoms with van der Waals surface area (Å²) in [6, 6.07) is 7.82. The standard InChI is InChI=1S/C13H17N3O/c1-3-9(2)15-13(17)16-11-5-4-10-6-7-14-12(10)8-11/h4-9,14H,3H2,1-2H3,(H2,15,16,17). The third-order valence-electron chi connectivity index (χ3n) is 2.80. The molecule has 0 aliphatic heterocycles. The number of rotatable bonds is 3. The van der Waals surface area contributed by atoms with Gasteiger partial charge in [-0.3, -0.25) is 0 Å². The molecule has 0 aliphatic carbocycles. The molecule has 1 atom stereocenters. The number of carbonyl (C=O) groups excluding carboxylic acids is 1. The average Bonchev–Trinajstić information content (AvgIpc) is 2.75. The second-order valence-electron chi connectivity index (χ2n) is 4.19. The van der Waals surface area contributed by atoms with E-state index in [9.17, 15) is 4.79 Å². The van der Waals surface area contributed by atoms with Gasteiger partial charge in [0, 0.05) is 23.4 Å². The monoisotopic (exact) mass is 231 g/mol. The lowest BCUT2D eigenvalue weighted by Gasteiger charge is -2.12. The van der Waals surface area contributed by atoms with Gasteiger partial charge >= 0.3 is 6.03 Å². The molecule has 3 N–H and O–H groups in total. The van der Waals surface area contributed by atoms with Crippen LogP contribution in [0.4, 0.5) is 10.5 Å². The van der Waals surface area contributed by atoms with Gasteiger partial charge in [-0.05, 0) is 36.9 Å². The molecule has 4 nitrogen and oxygen atoms in total. The summed E-state index contributed by atoms with van der Waals surface area (Å²) in [5.74, 6) is 0. The fourth-order valence-electron chi connectivity index (χ4n) is 1.62. The van der Waals surface area contributed by atoms with Crippen LogP contribution in [0.3, 0.4) is 0 Å². The molecule has 1 unspecified atom stereocenters. The molecule has 0 saturated carbocycles. The Balaban J connectivity index is 2.05. The van der Waals surface area contributed by atoms with E-state index in [0.717, 1.165) is 23.0 Å². The Bertz CT molecular complexity index is 518. The van der Waals surface area contributed by atoms with Crippen molar-refractivity contribution in [3.8, 4) is 0 Å². The Morgan fingerprint density at radius 2 is 2.24 bits per heavy atom. The lowest BCUT2D eigenvalue weighted by Crippen LogP contribution is -2.35. The van der Waals surface area contributed by atoms with Crippen molar-refractivity contribution in [3.63, 3.8) is 0 Å². The molecule has 17 heavy (non-hydrogen) atoms. The number of aromatic amines is 1. The topological polar surface area (TPSA) is 56.9 Å². The molecule has 1 aromatic heterocycles. The molecule has 90 valence electrons. The zero-order chi connectivity index (χ0) is 12.3. The quantitative estimate of drug-likeness (QED) is 0.747. The third kappa shape index (κ3) is 2.78. The predicted molar refractivity (Wildman–Crippen MR) is 70.2 cm³/mol. The van der Waals surface area contributed by atoms with Gasteiger partial charge in [0.2, 0.25) is 0 Å².